The third-order valence-electron chi connectivity index (χ3n) is 2.69. The Hall–Kier alpha value is -2.10. The van der Waals surface area contributed by atoms with Crippen LogP contribution in [0.4, 0.5) is 13.2 Å². The highest BCUT2D eigenvalue weighted by atomic mass is 19.4. The van der Waals surface area contributed by atoms with E-state index < -0.39 is 11.7 Å². The van der Waals surface area contributed by atoms with Gasteiger partial charge in [-0.2, -0.15) is 13.2 Å². The number of allylic oxidation sites excluding steroid dienone is 5. The Morgan fingerprint density at radius 3 is 2.00 bits per heavy atom. The first-order chi connectivity index (χ1) is 8.99. The summed E-state index contributed by atoms with van der Waals surface area (Å²) in [5.74, 6) is 0.740. The van der Waals surface area contributed by atoms with Crippen molar-refractivity contribution in [3.63, 3.8) is 0 Å². The minimum absolute atomic E-state index is 0.639. The predicted octanol–water partition coefficient (Wildman–Crippen LogP) is 3.95. The SMILES string of the molecule is C[O+]=C1C=CC(=Cc2ccc(C(F)(F)F)cc2)C=C1. The van der Waals surface area contributed by atoms with Crippen molar-refractivity contribution < 1.29 is 17.6 Å². The molecule has 0 aromatic heterocycles. The van der Waals surface area contributed by atoms with E-state index in [1.165, 1.54) is 12.1 Å². The number of benzene rings is 1. The quantitative estimate of drug-likeness (QED) is 0.681. The first kappa shape index (κ1) is 13.3. The van der Waals surface area contributed by atoms with Crippen molar-refractivity contribution in [1.29, 1.82) is 0 Å². The molecular formula is C15H12F3O+. The van der Waals surface area contributed by atoms with E-state index in [1.807, 2.05) is 12.2 Å². The molecule has 0 saturated heterocycles. The van der Waals surface area contributed by atoms with Crippen LogP contribution < -0.4 is 0 Å². The van der Waals surface area contributed by atoms with Gasteiger partial charge >= 0.3 is 12.0 Å². The lowest BCUT2D eigenvalue weighted by Crippen LogP contribution is -2.04. The lowest BCUT2D eigenvalue weighted by atomic mass is 10.0. The lowest BCUT2D eigenvalue weighted by Gasteiger charge is -2.06. The zero-order chi connectivity index (χ0) is 13.9. The fourth-order valence-corrected chi connectivity index (χ4v) is 1.66. The lowest BCUT2D eigenvalue weighted by molar-refractivity contribution is -0.417. The second-order valence-corrected chi connectivity index (χ2v) is 4.04. The summed E-state index contributed by atoms with van der Waals surface area (Å²) in [6.07, 6.45) is 4.80. The van der Waals surface area contributed by atoms with Crippen LogP contribution in [0.3, 0.4) is 0 Å². The number of hydrogen-bond acceptors (Lipinski definition) is 0. The summed E-state index contributed by atoms with van der Waals surface area (Å²) in [6.45, 7) is 0. The Kier molecular flexibility index (Phi) is 3.69. The van der Waals surface area contributed by atoms with Gasteiger partial charge in [-0.05, 0) is 41.5 Å². The normalized spacial score (nSPS) is 14.7. The van der Waals surface area contributed by atoms with Crippen molar-refractivity contribution in [3.8, 4) is 0 Å². The Morgan fingerprint density at radius 1 is 0.947 bits per heavy atom. The van der Waals surface area contributed by atoms with E-state index >= 15 is 0 Å². The van der Waals surface area contributed by atoms with Crippen LogP contribution in [0.15, 0.2) is 54.1 Å². The molecule has 0 heterocycles. The highest BCUT2D eigenvalue weighted by molar-refractivity contribution is 6.02. The number of halogens is 3. The molecule has 1 aromatic carbocycles. The molecule has 19 heavy (non-hydrogen) atoms. The topological polar surface area (TPSA) is 11.3 Å². The Labute approximate surface area is 109 Å². The molecule has 0 atom stereocenters. The summed E-state index contributed by atoms with van der Waals surface area (Å²) in [6, 6.07) is 5.06. The zero-order valence-electron chi connectivity index (χ0n) is 10.2. The van der Waals surface area contributed by atoms with E-state index in [0.29, 0.717) is 0 Å². The summed E-state index contributed by atoms with van der Waals surface area (Å²) < 4.78 is 42.3. The van der Waals surface area contributed by atoms with Gasteiger partial charge in [0.1, 0.15) is 0 Å². The van der Waals surface area contributed by atoms with E-state index in [2.05, 4.69) is 0 Å². The van der Waals surface area contributed by atoms with Crippen molar-refractivity contribution in [1.82, 2.24) is 0 Å². The first-order valence-electron chi connectivity index (χ1n) is 5.65. The van der Waals surface area contributed by atoms with Gasteiger partial charge < -0.3 is 0 Å². The number of alkyl halides is 3. The number of rotatable bonds is 1. The van der Waals surface area contributed by atoms with Gasteiger partial charge in [-0.3, -0.25) is 4.42 Å². The van der Waals surface area contributed by atoms with E-state index in [4.69, 9.17) is 4.42 Å². The van der Waals surface area contributed by atoms with Crippen molar-refractivity contribution in [3.05, 3.63) is 65.3 Å². The molecule has 98 valence electrons. The Bertz CT molecular complexity index is 554. The molecule has 0 fully saturated rings. The molecule has 0 amide bonds. The van der Waals surface area contributed by atoms with E-state index in [9.17, 15) is 13.2 Å². The van der Waals surface area contributed by atoms with Gasteiger partial charge in [0.25, 0.3) is 7.11 Å². The zero-order valence-corrected chi connectivity index (χ0v) is 10.2. The van der Waals surface area contributed by atoms with Crippen molar-refractivity contribution in [2.45, 2.75) is 6.18 Å². The minimum Gasteiger partial charge on any atom is -0.258 e. The van der Waals surface area contributed by atoms with Crippen LogP contribution >= 0.6 is 0 Å². The second-order valence-electron chi connectivity index (χ2n) is 4.04. The van der Waals surface area contributed by atoms with Crippen LogP contribution in [0.25, 0.3) is 6.08 Å². The van der Waals surface area contributed by atoms with Crippen molar-refractivity contribution >= 4 is 11.9 Å². The molecule has 0 radical (unpaired) electrons. The predicted molar refractivity (Wildman–Crippen MR) is 68.6 cm³/mol. The minimum atomic E-state index is -4.29. The molecule has 1 aromatic rings. The van der Waals surface area contributed by atoms with Crippen LogP contribution in [0.2, 0.25) is 0 Å². The smallest absolute Gasteiger partial charge is 0.258 e. The molecule has 0 unspecified atom stereocenters. The Morgan fingerprint density at radius 2 is 1.53 bits per heavy atom. The van der Waals surface area contributed by atoms with Crippen LogP contribution in [-0.4, -0.2) is 12.9 Å². The average molecular weight is 265 g/mol. The number of ketones is 1. The van der Waals surface area contributed by atoms with Gasteiger partial charge in [0.15, 0.2) is 0 Å². The van der Waals surface area contributed by atoms with Crippen LogP contribution in [-0.2, 0) is 10.6 Å². The molecule has 2 rings (SSSR count). The molecule has 0 N–H and O–H groups in total. The standard InChI is InChI=1S/C15H12F3O/c1-19-14-8-4-12(5-9-14)10-11-2-6-13(7-3-11)15(16,17)18/h2-10H,1H3/q+1. The summed E-state index contributed by atoms with van der Waals surface area (Å²) >= 11 is 0. The van der Waals surface area contributed by atoms with Gasteiger partial charge in [0.05, 0.1) is 5.56 Å². The van der Waals surface area contributed by atoms with E-state index in [0.717, 1.165) is 29.1 Å². The largest absolute Gasteiger partial charge is 0.416 e. The third-order valence-corrected chi connectivity index (χ3v) is 2.69. The maximum Gasteiger partial charge on any atom is 0.416 e. The molecule has 4 heteroatoms. The molecule has 0 saturated carbocycles. The van der Waals surface area contributed by atoms with Gasteiger partial charge in [0.2, 0.25) is 0 Å². The van der Waals surface area contributed by atoms with Crippen molar-refractivity contribution in [2.24, 2.45) is 0 Å². The molecule has 0 aliphatic heterocycles. The average Bonchev–Trinajstić information content (AvgIpc) is 2.39. The summed E-state index contributed by atoms with van der Waals surface area (Å²) in [5, 5.41) is 0. The van der Waals surface area contributed by atoms with Crippen molar-refractivity contribution in [2.75, 3.05) is 7.11 Å². The maximum absolute atomic E-state index is 12.4. The molecule has 0 bridgehead atoms. The summed E-state index contributed by atoms with van der Waals surface area (Å²) in [7, 11) is 1.58. The van der Waals surface area contributed by atoms with Crippen LogP contribution in [0.1, 0.15) is 11.1 Å². The highest BCUT2D eigenvalue weighted by Gasteiger charge is 2.29. The molecule has 1 aliphatic carbocycles. The van der Waals surface area contributed by atoms with Crippen LogP contribution in [0.5, 0.6) is 0 Å². The fourth-order valence-electron chi connectivity index (χ4n) is 1.66. The Balaban J connectivity index is 2.19. The van der Waals surface area contributed by atoms with Gasteiger partial charge in [-0.25, -0.2) is 0 Å². The maximum atomic E-state index is 12.4. The molecule has 1 nitrogen and oxygen atoms in total. The first-order valence-corrected chi connectivity index (χ1v) is 5.65. The second kappa shape index (κ2) is 5.26. The van der Waals surface area contributed by atoms with Gasteiger partial charge in [-0.1, -0.05) is 12.1 Å². The molecule has 0 spiro atoms. The molecule has 1 aliphatic rings. The summed E-state index contributed by atoms with van der Waals surface area (Å²) in [5.41, 5.74) is 0.984. The number of carbonyl (C=O) groups excluding carboxylic acids is 1. The monoisotopic (exact) mass is 265 g/mol. The summed E-state index contributed by atoms with van der Waals surface area (Å²) in [4.78, 5) is 0. The van der Waals surface area contributed by atoms with Crippen LogP contribution in [0, 0.1) is 0 Å². The van der Waals surface area contributed by atoms with Gasteiger partial charge in [0, 0.05) is 12.2 Å². The van der Waals surface area contributed by atoms with E-state index in [-0.39, 0.29) is 0 Å². The fraction of sp³-hybridized carbons (Fsp3) is 0.133. The highest BCUT2D eigenvalue weighted by Crippen LogP contribution is 2.29. The van der Waals surface area contributed by atoms with Gasteiger partial charge in [-0.15, -0.1) is 0 Å². The number of hydrogen-bond donors (Lipinski definition) is 0. The molecular weight excluding hydrogens is 253 g/mol. The van der Waals surface area contributed by atoms with E-state index in [1.54, 1.807) is 25.3 Å². The third kappa shape index (κ3) is 3.44.